The minimum absolute atomic E-state index is 0.486. The predicted molar refractivity (Wildman–Crippen MR) is 80.4 cm³/mol. The van der Waals surface area contributed by atoms with Crippen molar-refractivity contribution in [3.63, 3.8) is 0 Å². The number of nitrogens with zero attached hydrogens (tertiary/aromatic N) is 2. The van der Waals surface area contributed by atoms with Gasteiger partial charge in [-0.15, -0.1) is 0 Å². The Labute approximate surface area is 122 Å². The summed E-state index contributed by atoms with van der Waals surface area (Å²) in [4.78, 5) is 5.87. The van der Waals surface area contributed by atoms with Gasteiger partial charge in [0.15, 0.2) is 4.77 Å². The Bertz CT molecular complexity index is 686. The zero-order valence-corrected chi connectivity index (χ0v) is 12.2. The number of imidazole rings is 1. The lowest BCUT2D eigenvalue weighted by Gasteiger charge is -2.16. The lowest BCUT2D eigenvalue weighted by Crippen LogP contribution is -2.23. The van der Waals surface area contributed by atoms with Crippen molar-refractivity contribution >= 4 is 34.9 Å². The van der Waals surface area contributed by atoms with Crippen molar-refractivity contribution in [1.29, 1.82) is 0 Å². The van der Waals surface area contributed by atoms with Gasteiger partial charge in [-0.05, 0) is 43.6 Å². The fourth-order valence-electron chi connectivity index (χ4n) is 3.23. The van der Waals surface area contributed by atoms with Gasteiger partial charge in [0.05, 0.1) is 22.1 Å². The second-order valence-electron chi connectivity index (χ2n) is 5.60. The Morgan fingerprint density at radius 2 is 2.05 bits per heavy atom. The van der Waals surface area contributed by atoms with Gasteiger partial charge in [0.25, 0.3) is 0 Å². The summed E-state index contributed by atoms with van der Waals surface area (Å²) in [5, 5.41) is 0.749. The van der Waals surface area contributed by atoms with Crippen LogP contribution in [0.4, 0.5) is 0 Å². The second kappa shape index (κ2) is 4.33. The third-order valence-electron chi connectivity index (χ3n) is 4.33. The molecule has 1 unspecified atom stereocenters. The van der Waals surface area contributed by atoms with Crippen LogP contribution in [0.1, 0.15) is 25.3 Å². The van der Waals surface area contributed by atoms with Crippen molar-refractivity contribution in [3.8, 4) is 0 Å². The second-order valence-corrected chi connectivity index (χ2v) is 6.40. The third-order valence-corrected chi connectivity index (χ3v) is 4.94. The molecular formula is C14H16ClN3S. The van der Waals surface area contributed by atoms with Crippen LogP contribution in [0.3, 0.4) is 0 Å². The van der Waals surface area contributed by atoms with Crippen molar-refractivity contribution < 1.29 is 0 Å². The summed E-state index contributed by atoms with van der Waals surface area (Å²) < 4.78 is 3.06. The van der Waals surface area contributed by atoms with Gasteiger partial charge >= 0.3 is 0 Å². The molecule has 0 radical (unpaired) electrons. The van der Waals surface area contributed by atoms with E-state index in [0.717, 1.165) is 33.4 Å². The van der Waals surface area contributed by atoms with Crippen LogP contribution in [0.5, 0.6) is 0 Å². The lowest BCUT2D eigenvalue weighted by molar-refractivity contribution is 0.314. The minimum Gasteiger partial charge on any atom is -0.329 e. The average molecular weight is 294 g/mol. The Morgan fingerprint density at radius 1 is 1.21 bits per heavy atom. The molecule has 1 saturated carbocycles. The first-order chi connectivity index (χ1) is 9.24. The number of benzene rings is 1. The summed E-state index contributed by atoms with van der Waals surface area (Å²) in [5.41, 5.74) is 2.11. The molecule has 0 amide bonds. The smallest absolute Gasteiger partial charge is 0.178 e. The molecule has 19 heavy (non-hydrogen) atoms. The number of rotatable bonds is 2. The van der Waals surface area contributed by atoms with Crippen molar-refractivity contribution in [1.82, 2.24) is 14.5 Å². The summed E-state index contributed by atoms with van der Waals surface area (Å²) in [6, 6.07) is 7.34. The molecule has 2 aliphatic rings. The molecule has 0 spiro atoms. The highest BCUT2D eigenvalue weighted by Gasteiger charge is 2.35. The van der Waals surface area contributed by atoms with Crippen LogP contribution >= 0.6 is 23.8 Å². The van der Waals surface area contributed by atoms with Crippen LogP contribution in [0.15, 0.2) is 18.2 Å². The molecule has 0 bridgehead atoms. The maximum absolute atomic E-state index is 6.24. The van der Waals surface area contributed by atoms with E-state index in [-0.39, 0.29) is 0 Å². The number of H-pyrrole nitrogens is 1. The van der Waals surface area contributed by atoms with E-state index < -0.39 is 0 Å². The highest BCUT2D eigenvalue weighted by atomic mass is 35.5. The highest BCUT2D eigenvalue weighted by molar-refractivity contribution is 7.71. The minimum atomic E-state index is 0.486. The fourth-order valence-corrected chi connectivity index (χ4v) is 3.79. The van der Waals surface area contributed by atoms with E-state index in [1.807, 2.05) is 12.1 Å². The third kappa shape index (κ3) is 1.93. The molecule has 1 atom stereocenters. The number of para-hydroxylation sites is 1. The summed E-state index contributed by atoms with van der Waals surface area (Å²) >= 11 is 11.7. The number of aromatic nitrogens is 2. The first-order valence-corrected chi connectivity index (χ1v) is 7.65. The van der Waals surface area contributed by atoms with E-state index in [4.69, 9.17) is 23.8 Å². The van der Waals surface area contributed by atoms with E-state index in [1.165, 1.54) is 25.8 Å². The number of likely N-dealkylation sites (tertiary alicyclic amines) is 1. The molecule has 1 aliphatic heterocycles. The number of hydrogen-bond donors (Lipinski definition) is 1. The Hall–Kier alpha value is -0.840. The van der Waals surface area contributed by atoms with Gasteiger partial charge < -0.3 is 9.55 Å². The molecule has 100 valence electrons. The molecule has 1 saturated heterocycles. The van der Waals surface area contributed by atoms with E-state index in [9.17, 15) is 0 Å². The van der Waals surface area contributed by atoms with Crippen molar-refractivity contribution in [2.75, 3.05) is 13.1 Å². The Morgan fingerprint density at radius 3 is 2.84 bits per heavy atom. The standard InChI is InChI=1S/C14H16ClN3S/c15-11-2-1-3-12-13(11)16-14(19)18(12)10-6-7-17(8-10)9-4-5-9/h1-3,9-10H,4-8H2,(H,16,19). The van der Waals surface area contributed by atoms with E-state index >= 15 is 0 Å². The summed E-state index contributed by atoms with van der Waals surface area (Å²) in [5.74, 6) is 0. The van der Waals surface area contributed by atoms with Crippen LogP contribution in [-0.2, 0) is 0 Å². The molecule has 5 heteroatoms. The molecule has 1 aromatic carbocycles. The van der Waals surface area contributed by atoms with Gasteiger partial charge in [-0.3, -0.25) is 4.90 Å². The monoisotopic (exact) mass is 293 g/mol. The fraction of sp³-hybridized carbons (Fsp3) is 0.500. The topological polar surface area (TPSA) is 24.0 Å². The van der Waals surface area contributed by atoms with E-state index in [2.05, 4.69) is 20.5 Å². The first-order valence-electron chi connectivity index (χ1n) is 6.87. The van der Waals surface area contributed by atoms with E-state index in [0.29, 0.717) is 6.04 Å². The largest absolute Gasteiger partial charge is 0.329 e. The van der Waals surface area contributed by atoms with Gasteiger partial charge in [-0.1, -0.05) is 17.7 Å². The molecule has 1 aliphatic carbocycles. The molecule has 2 aromatic rings. The Kier molecular flexibility index (Phi) is 2.72. The van der Waals surface area contributed by atoms with Gasteiger partial charge in [-0.25, -0.2) is 0 Å². The molecule has 1 aromatic heterocycles. The number of hydrogen-bond acceptors (Lipinski definition) is 2. The number of aromatic amines is 1. The SMILES string of the molecule is S=c1[nH]c2c(Cl)cccc2n1C1CCN(C2CC2)C1. The maximum atomic E-state index is 6.24. The van der Waals surface area contributed by atoms with Crippen molar-refractivity contribution in [2.45, 2.75) is 31.3 Å². The zero-order valence-electron chi connectivity index (χ0n) is 10.6. The van der Waals surface area contributed by atoms with Crippen LogP contribution < -0.4 is 0 Å². The van der Waals surface area contributed by atoms with Crippen molar-refractivity contribution in [2.24, 2.45) is 0 Å². The van der Waals surface area contributed by atoms with Gasteiger partial charge in [-0.2, -0.15) is 0 Å². The normalized spacial score (nSPS) is 24.4. The predicted octanol–water partition coefficient (Wildman–Crippen LogP) is 3.76. The quantitative estimate of drug-likeness (QED) is 0.853. The molecule has 4 rings (SSSR count). The van der Waals surface area contributed by atoms with Crippen LogP contribution in [0, 0.1) is 4.77 Å². The number of halogens is 1. The molecule has 2 heterocycles. The van der Waals surface area contributed by atoms with Crippen LogP contribution in [0.25, 0.3) is 11.0 Å². The molecule has 2 fully saturated rings. The molecular weight excluding hydrogens is 278 g/mol. The van der Waals surface area contributed by atoms with Crippen LogP contribution in [0.2, 0.25) is 5.02 Å². The molecule has 3 nitrogen and oxygen atoms in total. The summed E-state index contributed by atoms with van der Waals surface area (Å²) in [6.07, 6.45) is 3.93. The van der Waals surface area contributed by atoms with Crippen molar-refractivity contribution in [3.05, 3.63) is 28.0 Å². The number of nitrogens with one attached hydrogen (secondary N) is 1. The average Bonchev–Trinajstić information content (AvgIpc) is 3.03. The molecule has 1 N–H and O–H groups in total. The lowest BCUT2D eigenvalue weighted by atomic mass is 10.2. The van der Waals surface area contributed by atoms with Crippen LogP contribution in [-0.4, -0.2) is 33.6 Å². The highest BCUT2D eigenvalue weighted by Crippen LogP contribution is 2.35. The van der Waals surface area contributed by atoms with Gasteiger partial charge in [0, 0.05) is 19.1 Å². The summed E-state index contributed by atoms with van der Waals surface area (Å²) in [7, 11) is 0. The van der Waals surface area contributed by atoms with Gasteiger partial charge in [0.2, 0.25) is 0 Å². The number of fused-ring (bicyclic) bond motifs is 1. The first kappa shape index (κ1) is 11.9. The maximum Gasteiger partial charge on any atom is 0.178 e. The van der Waals surface area contributed by atoms with Gasteiger partial charge in [0.1, 0.15) is 0 Å². The van der Waals surface area contributed by atoms with E-state index in [1.54, 1.807) is 0 Å². The summed E-state index contributed by atoms with van der Waals surface area (Å²) in [6.45, 7) is 2.32. The zero-order chi connectivity index (χ0) is 13.0. The Balaban J connectivity index is 1.76.